The van der Waals surface area contributed by atoms with Crippen LogP contribution in [0.4, 0.5) is 20.6 Å². The van der Waals surface area contributed by atoms with Gasteiger partial charge in [0.1, 0.15) is 19.0 Å². The number of aliphatic hydroxyl groups excluding tert-OH is 1. The van der Waals surface area contributed by atoms with Gasteiger partial charge in [-0.3, -0.25) is 14.2 Å². The van der Waals surface area contributed by atoms with Crippen LogP contribution in [0, 0.1) is 30.7 Å². The Hall–Kier alpha value is -6.41. The number of nitrogens with zero attached hydrogens (tertiary/aromatic N) is 3. The van der Waals surface area contributed by atoms with Crippen molar-refractivity contribution in [3.8, 4) is 23.5 Å². The molecule has 0 bridgehead atoms. The number of terminal acetylenes is 1. The largest absolute Gasteiger partial charge is 0.458 e. The highest BCUT2D eigenvalue weighted by Gasteiger charge is 2.46. The lowest BCUT2D eigenvalue weighted by atomic mass is 9.81. The summed E-state index contributed by atoms with van der Waals surface area (Å²) in [6, 6.07) is 16.3. The summed E-state index contributed by atoms with van der Waals surface area (Å²) in [6.45, 7) is 5.41. The Balaban J connectivity index is 0.912. The number of rotatable bonds is 17. The van der Waals surface area contributed by atoms with Crippen molar-refractivity contribution in [1.29, 1.82) is 0 Å². The third-order valence-electron chi connectivity index (χ3n) is 12.8. The molecule has 5 aromatic rings. The van der Waals surface area contributed by atoms with E-state index >= 15 is 4.39 Å². The van der Waals surface area contributed by atoms with E-state index in [4.69, 9.17) is 35.2 Å². The Morgan fingerprint density at radius 2 is 1.85 bits per heavy atom. The number of anilines is 2. The highest BCUT2D eigenvalue weighted by atomic mass is 31.2. The van der Waals surface area contributed by atoms with E-state index in [9.17, 15) is 28.8 Å². The lowest BCUT2D eigenvalue weighted by Crippen LogP contribution is -2.44. The van der Waals surface area contributed by atoms with Gasteiger partial charge in [-0.05, 0) is 90.9 Å². The van der Waals surface area contributed by atoms with Crippen LogP contribution in [0.1, 0.15) is 82.0 Å². The van der Waals surface area contributed by atoms with Gasteiger partial charge in [0.25, 0.3) is 5.56 Å². The zero-order valence-electron chi connectivity index (χ0n) is 37.5. The van der Waals surface area contributed by atoms with Crippen molar-refractivity contribution in [2.24, 2.45) is 5.92 Å². The van der Waals surface area contributed by atoms with Crippen molar-refractivity contribution < 1.29 is 52.3 Å². The molecule has 4 heterocycles. The maximum Gasteiger partial charge on any atom is 0.407 e. The Kier molecular flexibility index (Phi) is 13.4. The lowest BCUT2D eigenvalue weighted by Gasteiger charge is -2.31. The summed E-state index contributed by atoms with van der Waals surface area (Å²) in [5.41, 5.74) is 6.30. The standard InChI is InChI=1S/C49H51FN5O11P/c1-6-49(61)37-22-41-44-35(25-55(41)46(58)36(37)27-64-47(49)59)43-39(17-16-34-29(4)38(50)23-40(51-44)42(34)43)52-48(60)65-26-30-8-14-33(15-9-30)54(5)24-28(3)45(57)31-10-12-32(13-11-31)53-67(62,7-2)66-21-20-63-19-18-56/h2,8-15,22-23,28,39,56,61H,6,16-21,24-27H2,1,3-5H3,(H,52,60)(H,53,62). The molecule has 0 spiro atoms. The number of nitrogens with one attached hydrogen (secondary N) is 2. The van der Waals surface area contributed by atoms with Crippen molar-refractivity contribution >= 4 is 47.6 Å². The number of pyridine rings is 2. The number of carbonyl (C=O) groups excluding carboxylic acids is 3. The molecular formula is C49H51FN5O11P. The van der Waals surface area contributed by atoms with Gasteiger partial charge in [-0.1, -0.05) is 26.0 Å². The van der Waals surface area contributed by atoms with Crippen LogP contribution in [0.3, 0.4) is 0 Å². The van der Waals surface area contributed by atoms with E-state index in [0.717, 1.165) is 16.8 Å². The van der Waals surface area contributed by atoms with Gasteiger partial charge >= 0.3 is 19.6 Å². The van der Waals surface area contributed by atoms with E-state index in [2.05, 4.69) is 16.1 Å². The van der Waals surface area contributed by atoms with Gasteiger partial charge < -0.3 is 48.8 Å². The maximum absolute atomic E-state index is 15.4. The van der Waals surface area contributed by atoms with Crippen LogP contribution in [0.15, 0.2) is 65.5 Å². The number of esters is 1. The van der Waals surface area contributed by atoms with Gasteiger partial charge in [0, 0.05) is 64.7 Å². The van der Waals surface area contributed by atoms with Crippen LogP contribution in [-0.2, 0) is 59.9 Å². The summed E-state index contributed by atoms with van der Waals surface area (Å²) >= 11 is 0. The summed E-state index contributed by atoms with van der Waals surface area (Å²) < 4.78 is 51.2. The third-order valence-corrected chi connectivity index (χ3v) is 14.2. The van der Waals surface area contributed by atoms with E-state index in [1.807, 2.05) is 43.1 Å². The smallest absolute Gasteiger partial charge is 0.407 e. The first-order valence-corrected chi connectivity index (χ1v) is 23.6. The maximum atomic E-state index is 15.4. The molecule has 1 amide bonds. The van der Waals surface area contributed by atoms with Crippen LogP contribution in [0.5, 0.6) is 0 Å². The molecule has 2 aromatic heterocycles. The first-order valence-electron chi connectivity index (χ1n) is 22.0. The number of fused-ring (bicyclic) bond motifs is 5. The lowest BCUT2D eigenvalue weighted by molar-refractivity contribution is -0.172. The molecule has 2 aliphatic heterocycles. The molecule has 1 aliphatic carbocycles. The number of cyclic esters (lactones) is 1. The minimum Gasteiger partial charge on any atom is -0.458 e. The van der Waals surface area contributed by atoms with Gasteiger partial charge in [0.2, 0.25) is 0 Å². The molecule has 0 radical (unpaired) electrons. The fourth-order valence-corrected chi connectivity index (χ4v) is 10.2. The topological polar surface area (TPSA) is 208 Å². The van der Waals surface area contributed by atoms with Gasteiger partial charge in [0.15, 0.2) is 11.4 Å². The minimum absolute atomic E-state index is 0.0151. The molecule has 18 heteroatoms. The van der Waals surface area contributed by atoms with E-state index in [1.54, 1.807) is 44.2 Å². The fraction of sp³-hybridized carbons (Fsp3) is 0.367. The van der Waals surface area contributed by atoms with Gasteiger partial charge in [-0.2, -0.15) is 0 Å². The first-order chi connectivity index (χ1) is 32.1. The summed E-state index contributed by atoms with van der Waals surface area (Å²) in [7, 11) is -1.79. The second-order valence-electron chi connectivity index (χ2n) is 17.0. The van der Waals surface area contributed by atoms with E-state index in [-0.39, 0.29) is 69.5 Å². The summed E-state index contributed by atoms with van der Waals surface area (Å²) in [5.74, 6) is -1.75. The Bertz CT molecular complexity index is 2940. The zero-order chi connectivity index (χ0) is 47.8. The average Bonchev–Trinajstić information content (AvgIpc) is 3.70. The van der Waals surface area contributed by atoms with Gasteiger partial charge in [0.05, 0.1) is 61.5 Å². The number of halogens is 1. The number of hydrogen-bond acceptors (Lipinski definition) is 13. The number of amides is 1. The zero-order valence-corrected chi connectivity index (χ0v) is 38.4. The van der Waals surface area contributed by atoms with Crippen molar-refractivity contribution in [3.63, 3.8) is 0 Å². The molecule has 3 aromatic carbocycles. The molecule has 0 fully saturated rings. The highest BCUT2D eigenvalue weighted by molar-refractivity contribution is 7.65. The van der Waals surface area contributed by atoms with E-state index in [1.165, 1.54) is 10.6 Å². The number of Topliss-reactive ketones (excluding diaryl/α,β-unsaturated/α-hetero) is 1. The Morgan fingerprint density at radius 1 is 1.10 bits per heavy atom. The van der Waals surface area contributed by atoms with Crippen molar-refractivity contribution in [2.75, 3.05) is 50.0 Å². The molecule has 16 nitrogen and oxygen atoms in total. The predicted molar refractivity (Wildman–Crippen MR) is 247 cm³/mol. The van der Waals surface area contributed by atoms with Crippen LogP contribution in [0.2, 0.25) is 0 Å². The van der Waals surface area contributed by atoms with Crippen LogP contribution >= 0.6 is 7.52 Å². The number of aryl methyl sites for hydroxylation is 1. The number of alkyl carbamates (subject to hydrolysis) is 1. The molecule has 4 atom stereocenters. The van der Waals surface area contributed by atoms with Crippen molar-refractivity contribution in [3.05, 3.63) is 121 Å². The number of aromatic nitrogens is 2. The quantitative estimate of drug-likeness (QED) is 0.0250. The van der Waals surface area contributed by atoms with Gasteiger partial charge in [-0.15, -0.1) is 6.42 Å². The number of ketones is 1. The van der Waals surface area contributed by atoms with E-state index < -0.39 is 48.5 Å². The molecule has 0 saturated carbocycles. The fourth-order valence-electron chi connectivity index (χ4n) is 9.13. The molecule has 67 heavy (non-hydrogen) atoms. The Morgan fingerprint density at radius 3 is 2.55 bits per heavy atom. The predicted octanol–water partition coefficient (Wildman–Crippen LogP) is 6.62. The number of hydrogen-bond donors (Lipinski definition) is 4. The summed E-state index contributed by atoms with van der Waals surface area (Å²) in [6.07, 6.45) is 5.67. The SMILES string of the molecule is C#CP(=O)(Nc1ccc(C(=O)C(C)CN(C)c2ccc(COC(=O)NC3CCc4c(C)c(F)cc5nc6c(c3c45)Cn3c-6cc4c(c3=O)COC(=O)C4(O)CC)cc2)cc1)OCCOCCO. The number of aliphatic hydroxyl groups is 2. The normalized spacial score (nSPS) is 18.1. The van der Waals surface area contributed by atoms with Crippen LogP contribution in [0.25, 0.3) is 22.3 Å². The van der Waals surface area contributed by atoms with Crippen molar-refractivity contribution in [2.45, 2.75) is 71.4 Å². The van der Waals surface area contributed by atoms with Crippen LogP contribution in [-0.4, -0.2) is 77.6 Å². The number of benzene rings is 3. The number of ether oxygens (including phenoxy) is 3. The molecule has 8 rings (SSSR count). The monoisotopic (exact) mass is 935 g/mol. The summed E-state index contributed by atoms with van der Waals surface area (Å²) in [4.78, 5) is 60.4. The first kappa shape index (κ1) is 47.1. The second-order valence-corrected chi connectivity index (χ2v) is 18.8. The summed E-state index contributed by atoms with van der Waals surface area (Å²) in [5, 5.41) is 26.6. The Labute approximate surface area is 385 Å². The third kappa shape index (κ3) is 9.07. The van der Waals surface area contributed by atoms with E-state index in [0.29, 0.717) is 69.6 Å². The number of carbonyl (C=O) groups is 3. The minimum atomic E-state index is -3.66. The highest BCUT2D eigenvalue weighted by Crippen LogP contribution is 2.47. The van der Waals surface area contributed by atoms with Gasteiger partial charge in [-0.25, -0.2) is 19.0 Å². The second kappa shape index (κ2) is 19.1. The molecule has 0 saturated heterocycles. The molecule has 4 unspecified atom stereocenters. The molecule has 350 valence electrons. The molecule has 3 aliphatic rings. The van der Waals surface area contributed by atoms with Crippen molar-refractivity contribution in [1.82, 2.24) is 14.9 Å². The molecular weight excluding hydrogens is 885 g/mol. The average molecular weight is 936 g/mol. The molecule has 4 N–H and O–H groups in total. The van der Waals surface area contributed by atoms with Crippen LogP contribution < -0.4 is 20.9 Å².